The highest BCUT2D eigenvalue weighted by Gasteiger charge is 2.48. The van der Waals surface area contributed by atoms with E-state index in [0.717, 1.165) is 19.4 Å². The van der Waals surface area contributed by atoms with Crippen molar-refractivity contribution in [2.75, 3.05) is 31.6 Å². The van der Waals surface area contributed by atoms with Gasteiger partial charge in [0.2, 0.25) is 11.8 Å². The van der Waals surface area contributed by atoms with Crippen molar-refractivity contribution in [3.63, 3.8) is 0 Å². The van der Waals surface area contributed by atoms with Gasteiger partial charge in [-0.2, -0.15) is 0 Å². The number of carbonyl (C=O) groups is 1. The van der Waals surface area contributed by atoms with E-state index in [1.807, 2.05) is 0 Å². The predicted molar refractivity (Wildman–Crippen MR) is 89.9 cm³/mol. The van der Waals surface area contributed by atoms with Crippen molar-refractivity contribution < 1.29 is 9.53 Å². The zero-order valence-corrected chi connectivity index (χ0v) is 13.8. The Morgan fingerprint density at radius 3 is 2.48 bits per heavy atom. The second-order valence-corrected chi connectivity index (χ2v) is 6.59. The Hall–Kier alpha value is -2.61. The Kier molecular flexibility index (Phi) is 4.27. The van der Waals surface area contributed by atoms with E-state index in [9.17, 15) is 4.79 Å². The van der Waals surface area contributed by atoms with E-state index in [4.69, 9.17) is 4.74 Å². The number of likely N-dealkylation sites (tertiary alicyclic amines) is 1. The van der Waals surface area contributed by atoms with Gasteiger partial charge in [-0.15, -0.1) is 0 Å². The number of nitrogens with one attached hydrogen (secondary N) is 1. The van der Waals surface area contributed by atoms with Crippen LogP contribution in [0, 0.1) is 5.92 Å². The molecule has 1 spiro atoms. The highest BCUT2D eigenvalue weighted by atomic mass is 16.5. The maximum absolute atomic E-state index is 12.3. The lowest BCUT2D eigenvalue weighted by Crippen LogP contribution is -2.66. The summed E-state index contributed by atoms with van der Waals surface area (Å²) < 4.78 is 6.10. The van der Waals surface area contributed by atoms with Crippen molar-refractivity contribution in [2.24, 2.45) is 5.92 Å². The summed E-state index contributed by atoms with van der Waals surface area (Å²) in [6.07, 6.45) is 8.62. The minimum Gasteiger partial charge on any atom is -0.371 e. The highest BCUT2D eigenvalue weighted by Crippen LogP contribution is 2.36. The summed E-state index contributed by atoms with van der Waals surface area (Å²) in [7, 11) is 0. The molecular formula is C17H20N6O2. The molecule has 0 bridgehead atoms. The first-order valence-corrected chi connectivity index (χ1v) is 8.45. The molecule has 2 fully saturated rings. The van der Waals surface area contributed by atoms with Gasteiger partial charge in [0.25, 0.3) is 5.91 Å². The number of hydrogen-bond acceptors (Lipinski definition) is 7. The first-order chi connectivity index (χ1) is 12.2. The fraction of sp³-hybridized carbons (Fsp3) is 0.471. The number of ether oxygens (including phenoxy) is 1. The lowest BCUT2D eigenvalue weighted by Gasteiger charge is -2.52. The Morgan fingerprint density at radius 2 is 1.84 bits per heavy atom. The van der Waals surface area contributed by atoms with E-state index < -0.39 is 0 Å². The van der Waals surface area contributed by atoms with Crippen LogP contribution < -0.4 is 5.32 Å². The molecule has 4 heterocycles. The van der Waals surface area contributed by atoms with Gasteiger partial charge in [-0.25, -0.2) is 19.9 Å². The molecule has 1 amide bonds. The van der Waals surface area contributed by atoms with Crippen LogP contribution in [-0.2, 0) is 4.74 Å². The van der Waals surface area contributed by atoms with E-state index in [2.05, 4.69) is 25.3 Å². The Labute approximate surface area is 145 Å². The summed E-state index contributed by atoms with van der Waals surface area (Å²) >= 11 is 0. The zero-order valence-electron chi connectivity index (χ0n) is 13.8. The Morgan fingerprint density at radius 1 is 1.16 bits per heavy atom. The van der Waals surface area contributed by atoms with Crippen LogP contribution in [0.3, 0.4) is 0 Å². The number of nitrogens with zero attached hydrogens (tertiary/aromatic N) is 5. The van der Waals surface area contributed by atoms with Crippen molar-refractivity contribution in [3.8, 4) is 0 Å². The number of carbonyl (C=O) groups excluding carboxylic acids is 1. The second-order valence-electron chi connectivity index (χ2n) is 6.59. The van der Waals surface area contributed by atoms with Crippen LogP contribution in [0.2, 0.25) is 0 Å². The van der Waals surface area contributed by atoms with E-state index in [1.54, 1.807) is 41.8 Å². The lowest BCUT2D eigenvalue weighted by atomic mass is 9.83. The van der Waals surface area contributed by atoms with Gasteiger partial charge >= 0.3 is 0 Å². The van der Waals surface area contributed by atoms with Gasteiger partial charge in [0.1, 0.15) is 5.60 Å². The summed E-state index contributed by atoms with van der Waals surface area (Å²) in [6, 6.07) is 3.50. The quantitative estimate of drug-likeness (QED) is 0.887. The number of aromatic nitrogens is 4. The molecule has 2 aliphatic heterocycles. The van der Waals surface area contributed by atoms with Gasteiger partial charge < -0.3 is 15.0 Å². The summed E-state index contributed by atoms with van der Waals surface area (Å²) in [5, 5.41) is 3.24. The maximum atomic E-state index is 12.3. The third-order valence-electron chi connectivity index (χ3n) is 4.75. The van der Waals surface area contributed by atoms with Crippen LogP contribution in [-0.4, -0.2) is 62.6 Å². The SMILES string of the molecule is O=C(c1ncccn1)N1CC2(CC[C@@H](CNc3ncccn3)CO2)C1. The summed E-state index contributed by atoms with van der Waals surface area (Å²) in [4.78, 5) is 30.4. The molecule has 2 aromatic heterocycles. The molecule has 8 nitrogen and oxygen atoms in total. The number of amides is 1. The van der Waals surface area contributed by atoms with Crippen LogP contribution in [0.4, 0.5) is 5.95 Å². The average molecular weight is 340 g/mol. The minimum atomic E-state index is -0.190. The van der Waals surface area contributed by atoms with E-state index in [1.165, 1.54) is 0 Å². The molecule has 0 unspecified atom stereocenters. The van der Waals surface area contributed by atoms with Crippen LogP contribution in [0.25, 0.3) is 0 Å². The molecule has 0 aromatic carbocycles. The summed E-state index contributed by atoms with van der Waals surface area (Å²) in [5.74, 6) is 1.20. The molecule has 130 valence electrons. The molecule has 2 saturated heterocycles. The Balaban J connectivity index is 1.24. The second kappa shape index (κ2) is 6.72. The molecule has 0 saturated carbocycles. The first-order valence-electron chi connectivity index (χ1n) is 8.45. The fourth-order valence-corrected chi connectivity index (χ4v) is 3.30. The van der Waals surface area contributed by atoms with Crippen LogP contribution in [0.1, 0.15) is 23.5 Å². The minimum absolute atomic E-state index is 0.125. The monoisotopic (exact) mass is 340 g/mol. The third-order valence-corrected chi connectivity index (χ3v) is 4.75. The molecule has 8 heteroatoms. The van der Waals surface area contributed by atoms with Crippen molar-refractivity contribution >= 4 is 11.9 Å². The van der Waals surface area contributed by atoms with Crippen molar-refractivity contribution in [1.29, 1.82) is 0 Å². The smallest absolute Gasteiger partial charge is 0.291 e. The topological polar surface area (TPSA) is 93.1 Å². The van der Waals surface area contributed by atoms with Gasteiger partial charge in [0.05, 0.1) is 19.7 Å². The molecule has 1 atom stereocenters. The fourth-order valence-electron chi connectivity index (χ4n) is 3.30. The predicted octanol–water partition coefficient (Wildman–Crippen LogP) is 1.000. The normalized spacial score (nSPS) is 21.6. The molecule has 0 aliphatic carbocycles. The van der Waals surface area contributed by atoms with Gasteiger partial charge in [-0.1, -0.05) is 0 Å². The lowest BCUT2D eigenvalue weighted by molar-refractivity contribution is -0.165. The van der Waals surface area contributed by atoms with E-state index >= 15 is 0 Å². The number of hydrogen-bond donors (Lipinski definition) is 1. The van der Waals surface area contributed by atoms with E-state index in [-0.39, 0.29) is 17.3 Å². The molecule has 1 N–H and O–H groups in total. The number of rotatable bonds is 4. The molecule has 4 rings (SSSR count). The average Bonchev–Trinajstić information content (AvgIpc) is 2.66. The highest BCUT2D eigenvalue weighted by molar-refractivity contribution is 5.91. The molecule has 2 aromatic rings. The van der Waals surface area contributed by atoms with Gasteiger partial charge in [0.15, 0.2) is 0 Å². The van der Waals surface area contributed by atoms with E-state index in [0.29, 0.717) is 31.6 Å². The van der Waals surface area contributed by atoms with Crippen LogP contribution >= 0.6 is 0 Å². The van der Waals surface area contributed by atoms with Crippen molar-refractivity contribution in [1.82, 2.24) is 24.8 Å². The van der Waals surface area contributed by atoms with Crippen LogP contribution in [0.5, 0.6) is 0 Å². The van der Waals surface area contributed by atoms with Crippen molar-refractivity contribution in [2.45, 2.75) is 18.4 Å². The Bertz CT molecular complexity index is 710. The maximum Gasteiger partial charge on any atom is 0.291 e. The standard InChI is InChI=1S/C17H20N6O2/c24-15(14-18-5-1-6-19-14)23-11-17(12-23)4-3-13(10-25-17)9-22-16-20-7-2-8-21-16/h1-2,5-8,13H,3-4,9-12H2,(H,20,21,22)/t13-/m0/s1. The molecule has 25 heavy (non-hydrogen) atoms. The van der Waals surface area contributed by atoms with Gasteiger partial charge in [0, 0.05) is 31.3 Å². The van der Waals surface area contributed by atoms with Gasteiger partial charge in [-0.05, 0) is 30.9 Å². The molecule has 2 aliphatic rings. The molecule has 0 radical (unpaired) electrons. The third kappa shape index (κ3) is 3.43. The van der Waals surface area contributed by atoms with Crippen LogP contribution in [0.15, 0.2) is 36.9 Å². The zero-order chi connectivity index (χ0) is 17.1. The van der Waals surface area contributed by atoms with Gasteiger partial charge in [-0.3, -0.25) is 4.79 Å². The number of anilines is 1. The molecular weight excluding hydrogens is 320 g/mol. The summed E-state index contributed by atoms with van der Waals surface area (Å²) in [5.41, 5.74) is -0.190. The van der Waals surface area contributed by atoms with Crippen molar-refractivity contribution in [3.05, 3.63) is 42.7 Å². The largest absolute Gasteiger partial charge is 0.371 e. The summed E-state index contributed by atoms with van der Waals surface area (Å²) in [6.45, 7) is 2.71. The first kappa shape index (κ1) is 15.9.